The minimum absolute atomic E-state index is 0.124. The average molecular weight is 580 g/mol. The first-order chi connectivity index (χ1) is 19.6. The summed E-state index contributed by atoms with van der Waals surface area (Å²) in [7, 11) is 9.83. The van der Waals surface area contributed by atoms with Gasteiger partial charge in [-0.15, -0.1) is 0 Å². The number of methoxy groups -OCH3 is 1. The number of rotatable bonds is 25. The maximum Gasteiger partial charge on any atom is 0.307 e. The van der Waals surface area contributed by atoms with Gasteiger partial charge in [0.05, 0.1) is 46.7 Å². The van der Waals surface area contributed by atoms with Crippen molar-refractivity contribution in [3.05, 3.63) is 30.1 Å². The van der Waals surface area contributed by atoms with E-state index in [4.69, 9.17) is 9.47 Å². The van der Waals surface area contributed by atoms with Gasteiger partial charge in [-0.1, -0.05) is 77.6 Å². The van der Waals surface area contributed by atoms with Crippen LogP contribution in [-0.4, -0.2) is 83.2 Å². The van der Waals surface area contributed by atoms with Crippen LogP contribution >= 0.6 is 0 Å². The number of nitrogens with one attached hydrogen (secondary N) is 3. The molecule has 236 valence electrons. The topological polar surface area (TPSA) is 92.6 Å². The van der Waals surface area contributed by atoms with Gasteiger partial charge in [0.15, 0.2) is 18.7 Å². The van der Waals surface area contributed by atoms with Gasteiger partial charge >= 0.3 is 5.97 Å². The van der Waals surface area contributed by atoms with E-state index in [-0.39, 0.29) is 43.8 Å². The summed E-state index contributed by atoms with van der Waals surface area (Å²) >= 11 is 0. The van der Waals surface area contributed by atoms with Crippen molar-refractivity contribution in [2.24, 2.45) is 7.05 Å². The van der Waals surface area contributed by atoms with Crippen LogP contribution in [0, 0.1) is 0 Å². The van der Waals surface area contributed by atoms with Gasteiger partial charge in [-0.3, -0.25) is 20.2 Å². The molecule has 0 aliphatic rings. The van der Waals surface area contributed by atoms with Crippen LogP contribution in [-0.2, 0) is 21.3 Å². The van der Waals surface area contributed by atoms with Crippen molar-refractivity contribution < 1.29 is 28.1 Å². The van der Waals surface area contributed by atoms with E-state index in [1.807, 2.05) is 23.9 Å². The zero-order valence-corrected chi connectivity index (χ0v) is 27.0. The Morgan fingerprint density at radius 3 is 2.10 bits per heavy atom. The number of aryl methyl sites for hydroxylation is 1. The van der Waals surface area contributed by atoms with E-state index in [2.05, 4.69) is 44.0 Å². The number of aromatic nitrogens is 1. The van der Waals surface area contributed by atoms with E-state index in [0.717, 1.165) is 19.5 Å². The molecule has 1 amide bonds. The first-order valence-corrected chi connectivity index (χ1v) is 15.9. The molecule has 2 unspecified atom stereocenters. The Labute approximate surface area is 250 Å². The van der Waals surface area contributed by atoms with E-state index < -0.39 is 0 Å². The highest BCUT2D eigenvalue weighted by atomic mass is 16.5. The molecule has 0 fully saturated rings. The summed E-state index contributed by atoms with van der Waals surface area (Å²) in [6.07, 6.45) is 19.4. The normalized spacial score (nSPS) is 13.1. The molecular weight excluding hydrogens is 518 g/mol. The predicted molar refractivity (Wildman–Crippen MR) is 165 cm³/mol. The Kier molecular flexibility index (Phi) is 20.3. The number of nitrogens with zero attached hydrogens (tertiary/aromatic N) is 2. The van der Waals surface area contributed by atoms with Crippen LogP contribution in [0.5, 0.6) is 0 Å². The Balaban J connectivity index is 2.28. The summed E-state index contributed by atoms with van der Waals surface area (Å²) in [4.78, 5) is 24.9. The first-order valence-electron chi connectivity index (χ1n) is 15.9. The third-order valence-corrected chi connectivity index (χ3v) is 7.02. The maximum atomic E-state index is 12.6. The molecule has 0 bridgehead atoms. The van der Waals surface area contributed by atoms with Crippen LogP contribution in [0.25, 0.3) is 0 Å². The fourth-order valence-electron chi connectivity index (χ4n) is 4.87. The number of quaternary nitrogens is 1. The van der Waals surface area contributed by atoms with Gasteiger partial charge in [0.2, 0.25) is 0 Å². The van der Waals surface area contributed by atoms with Crippen LogP contribution in [0.3, 0.4) is 0 Å². The second kappa shape index (κ2) is 22.5. The molecule has 2 atom stereocenters. The second-order valence-corrected chi connectivity index (χ2v) is 12.2. The number of esters is 1. The smallest absolute Gasteiger partial charge is 0.307 e. The third kappa shape index (κ3) is 20.5. The molecule has 0 radical (unpaired) electrons. The summed E-state index contributed by atoms with van der Waals surface area (Å²) in [6, 6.07) is 3.44. The van der Waals surface area contributed by atoms with Crippen molar-refractivity contribution in [1.29, 1.82) is 0 Å². The van der Waals surface area contributed by atoms with Crippen molar-refractivity contribution in [1.82, 2.24) is 16.0 Å². The van der Waals surface area contributed by atoms with Gasteiger partial charge in [-0.05, 0) is 19.0 Å². The number of unbranched alkanes of at least 4 members (excludes halogenated alkanes) is 11. The number of likely N-dealkylation sites (N-methyl/N-ethyl adjacent to an activating group) is 1. The first kappa shape index (κ1) is 37.0. The Morgan fingerprint density at radius 2 is 1.54 bits per heavy atom. The van der Waals surface area contributed by atoms with E-state index in [1.165, 1.54) is 70.6 Å². The number of hydrogen-bond donors (Lipinski definition) is 3. The number of carbonyl (C=O) groups excluding carboxylic acids is 2. The van der Waals surface area contributed by atoms with Gasteiger partial charge in [-0.25, -0.2) is 4.57 Å². The highest BCUT2D eigenvalue weighted by Crippen LogP contribution is 2.12. The zero-order chi connectivity index (χ0) is 30.3. The van der Waals surface area contributed by atoms with Gasteiger partial charge in [0, 0.05) is 13.2 Å². The highest BCUT2D eigenvalue weighted by Gasteiger charge is 2.24. The predicted octanol–water partition coefficient (Wildman–Crippen LogP) is 4.06. The number of amides is 1. The number of hydrogen-bond acceptors (Lipinski definition) is 6. The minimum Gasteiger partial charge on any atom is -0.464 e. The molecule has 1 heterocycles. The molecule has 0 saturated carbocycles. The fourth-order valence-corrected chi connectivity index (χ4v) is 4.87. The molecular formula is C32H61N5O4+2. The molecule has 0 aromatic carbocycles. The van der Waals surface area contributed by atoms with Gasteiger partial charge in [-0.2, -0.15) is 0 Å². The lowest BCUT2D eigenvalue weighted by atomic mass is 10.1. The summed E-state index contributed by atoms with van der Waals surface area (Å²) in [6.45, 7) is 4.26. The molecule has 1 rings (SSSR count). The molecule has 0 spiro atoms. The minimum atomic E-state index is -0.335. The summed E-state index contributed by atoms with van der Waals surface area (Å²) in [5, 5.41) is 9.68. The molecule has 0 saturated heterocycles. The van der Waals surface area contributed by atoms with Crippen LogP contribution in [0.15, 0.2) is 24.5 Å². The van der Waals surface area contributed by atoms with Crippen molar-refractivity contribution >= 4 is 11.9 Å². The average Bonchev–Trinajstić information content (AvgIpc) is 2.91. The second-order valence-electron chi connectivity index (χ2n) is 12.2. The van der Waals surface area contributed by atoms with Crippen molar-refractivity contribution in [3.63, 3.8) is 0 Å². The number of pyridine rings is 1. The number of carbonyl (C=O) groups is 2. The lowest BCUT2D eigenvalue weighted by Gasteiger charge is -2.31. The Hall–Kier alpha value is -2.07. The van der Waals surface area contributed by atoms with E-state index in [9.17, 15) is 9.59 Å². The van der Waals surface area contributed by atoms with Crippen LogP contribution in [0.1, 0.15) is 101 Å². The molecule has 1 aromatic rings. The molecule has 0 aliphatic carbocycles. The molecule has 1 aromatic heterocycles. The SMILES string of the molecule is CCCCCCCCCCCCCCNC(NC(CC(=O)OCCNC(=O)c1ccc[n+](C)c1)C[N+](C)(C)C)OC. The summed E-state index contributed by atoms with van der Waals surface area (Å²) < 4.78 is 13.6. The van der Waals surface area contributed by atoms with Crippen molar-refractivity contribution in [2.75, 3.05) is 54.5 Å². The third-order valence-electron chi connectivity index (χ3n) is 7.02. The molecule has 9 heteroatoms. The van der Waals surface area contributed by atoms with Gasteiger partial charge < -0.3 is 19.3 Å². The molecule has 0 aliphatic heterocycles. The molecule has 9 nitrogen and oxygen atoms in total. The lowest BCUT2D eigenvalue weighted by Crippen LogP contribution is -2.55. The number of ether oxygens (including phenoxy) is 2. The standard InChI is InChI=1S/C32H60N5O4/c1-7-8-9-10-11-12-13-14-15-16-17-18-21-34-32(40-6)35-29(27-37(3,4)5)25-30(38)41-24-22-33-31(39)28-20-19-23-36(2)26-28/h19-20,23,26,29,32,34-35H,7-18,21-22,24-25,27H2,1-6H3/q+1/p+1. The Morgan fingerprint density at radius 1 is 0.927 bits per heavy atom. The lowest BCUT2D eigenvalue weighted by molar-refractivity contribution is -0.871. The quantitative estimate of drug-likeness (QED) is 0.0532. The van der Waals surface area contributed by atoms with E-state index >= 15 is 0 Å². The largest absolute Gasteiger partial charge is 0.464 e. The highest BCUT2D eigenvalue weighted by molar-refractivity contribution is 5.93. The van der Waals surface area contributed by atoms with Gasteiger partial charge in [0.25, 0.3) is 5.91 Å². The summed E-state index contributed by atoms with van der Waals surface area (Å²) in [5.41, 5.74) is 0.565. The zero-order valence-electron chi connectivity index (χ0n) is 27.0. The van der Waals surface area contributed by atoms with Crippen LogP contribution in [0.2, 0.25) is 0 Å². The van der Waals surface area contributed by atoms with Crippen molar-refractivity contribution in [2.45, 2.75) is 103 Å². The maximum absolute atomic E-state index is 12.6. The van der Waals surface area contributed by atoms with Crippen LogP contribution < -0.4 is 20.5 Å². The molecule has 3 N–H and O–H groups in total. The van der Waals surface area contributed by atoms with E-state index in [1.54, 1.807) is 19.4 Å². The monoisotopic (exact) mass is 579 g/mol. The summed E-state index contributed by atoms with van der Waals surface area (Å²) in [5.74, 6) is -0.490. The Bertz CT molecular complexity index is 831. The van der Waals surface area contributed by atoms with Gasteiger partial charge in [0.1, 0.15) is 19.2 Å². The van der Waals surface area contributed by atoms with E-state index in [0.29, 0.717) is 10.0 Å². The van der Waals surface area contributed by atoms with Crippen molar-refractivity contribution in [3.8, 4) is 0 Å². The fraction of sp³-hybridized carbons (Fsp3) is 0.781. The van der Waals surface area contributed by atoms with Crippen LogP contribution in [0.4, 0.5) is 0 Å². The molecule has 41 heavy (non-hydrogen) atoms.